The molecule has 2 rings (SSSR count). The first kappa shape index (κ1) is 15.3. The van der Waals surface area contributed by atoms with Gasteiger partial charge in [-0.15, -0.1) is 0 Å². The number of ether oxygens (including phenoxy) is 1. The Hall–Kier alpha value is -2.09. The molecule has 0 aliphatic rings. The summed E-state index contributed by atoms with van der Waals surface area (Å²) in [6.45, 7) is 0.413. The molecular weight excluding hydrogens is 290 g/mol. The summed E-state index contributed by atoms with van der Waals surface area (Å²) in [5.41, 5.74) is 4.06. The number of nitrogen functional groups attached to an aromatic ring is 1. The van der Waals surface area contributed by atoms with Gasteiger partial charge in [-0.2, -0.15) is 0 Å². The zero-order valence-electron chi connectivity index (χ0n) is 11.5. The number of hydrazine groups is 1. The fourth-order valence-electron chi connectivity index (χ4n) is 1.92. The summed E-state index contributed by atoms with van der Waals surface area (Å²) < 4.78 is 32.4. The lowest BCUT2D eigenvalue weighted by molar-refractivity contribution is 0.185. The van der Waals surface area contributed by atoms with E-state index >= 15 is 0 Å². The van der Waals surface area contributed by atoms with Crippen molar-refractivity contribution in [2.75, 3.05) is 17.3 Å². The molecule has 0 radical (unpaired) electrons. The summed E-state index contributed by atoms with van der Waals surface area (Å²) in [5, 5.41) is 0. The molecular formula is C14H17N3O3S. The van der Waals surface area contributed by atoms with E-state index in [0.29, 0.717) is 18.0 Å². The number of rotatable bonds is 6. The molecule has 6 nitrogen and oxygen atoms in total. The van der Waals surface area contributed by atoms with E-state index in [9.17, 15) is 8.42 Å². The molecule has 2 aromatic carbocycles. The Morgan fingerprint density at radius 1 is 1.14 bits per heavy atom. The normalized spacial score (nSPS) is 11.1. The second-order valence-electron chi connectivity index (χ2n) is 4.38. The highest BCUT2D eigenvalue weighted by Gasteiger charge is 2.18. The lowest BCUT2D eigenvalue weighted by atomic mass is 10.2. The summed E-state index contributed by atoms with van der Waals surface area (Å²) >= 11 is 0. The molecule has 0 aliphatic heterocycles. The van der Waals surface area contributed by atoms with Gasteiger partial charge in [-0.1, -0.05) is 24.3 Å². The molecule has 2 aromatic rings. The molecule has 0 fully saturated rings. The minimum absolute atomic E-state index is 0.0876. The lowest BCUT2D eigenvalue weighted by Crippen LogP contribution is -2.17. The fourth-order valence-corrected chi connectivity index (χ4v) is 3.14. The summed E-state index contributed by atoms with van der Waals surface area (Å²) in [4.78, 5) is 0.0876. The molecule has 0 amide bonds. The Bertz CT molecular complexity index is 717. The van der Waals surface area contributed by atoms with Crippen LogP contribution in [0.3, 0.4) is 0 Å². The molecule has 0 unspecified atom stereocenters. The van der Waals surface area contributed by atoms with Gasteiger partial charge >= 0.3 is 0 Å². The van der Waals surface area contributed by atoms with Gasteiger partial charge in [-0.05, 0) is 29.8 Å². The van der Waals surface area contributed by atoms with E-state index in [1.165, 1.54) is 6.07 Å². The number of anilines is 2. The minimum Gasteiger partial charge on any atom is -0.380 e. The molecule has 0 spiro atoms. The topological polar surface area (TPSA) is 93.4 Å². The molecule has 4 N–H and O–H groups in total. The van der Waals surface area contributed by atoms with Crippen LogP contribution in [-0.2, 0) is 21.4 Å². The number of hydrogen-bond acceptors (Lipinski definition) is 5. The number of para-hydroxylation sites is 1. The van der Waals surface area contributed by atoms with Gasteiger partial charge < -0.3 is 10.2 Å². The molecule has 0 saturated carbocycles. The Morgan fingerprint density at radius 3 is 2.62 bits per heavy atom. The number of nitrogens with two attached hydrogens (primary N) is 1. The molecule has 0 bridgehead atoms. The lowest BCUT2D eigenvalue weighted by Gasteiger charge is -2.12. The quantitative estimate of drug-likeness (QED) is 0.560. The van der Waals surface area contributed by atoms with Crippen LogP contribution in [0.1, 0.15) is 5.56 Å². The van der Waals surface area contributed by atoms with Crippen LogP contribution < -0.4 is 16.0 Å². The van der Waals surface area contributed by atoms with Crippen molar-refractivity contribution in [3.63, 3.8) is 0 Å². The Balaban J connectivity index is 2.31. The van der Waals surface area contributed by atoms with Gasteiger partial charge in [0.25, 0.3) is 10.0 Å². The van der Waals surface area contributed by atoms with Crippen LogP contribution >= 0.6 is 0 Å². The van der Waals surface area contributed by atoms with Gasteiger partial charge in [-0.25, -0.2) is 8.42 Å². The van der Waals surface area contributed by atoms with E-state index in [4.69, 9.17) is 10.6 Å². The zero-order valence-corrected chi connectivity index (χ0v) is 12.4. The molecule has 0 aliphatic carbocycles. The summed E-state index contributed by atoms with van der Waals surface area (Å²) in [7, 11) is -2.14. The van der Waals surface area contributed by atoms with Crippen LogP contribution in [0.15, 0.2) is 53.4 Å². The molecule has 7 heteroatoms. The summed E-state index contributed by atoms with van der Waals surface area (Å²) in [6, 6.07) is 13.4. The van der Waals surface area contributed by atoms with E-state index in [1.807, 2.05) is 6.07 Å². The number of nitrogens with one attached hydrogen (secondary N) is 2. The molecule has 0 atom stereocenters. The Kier molecular flexibility index (Phi) is 4.79. The van der Waals surface area contributed by atoms with Crippen molar-refractivity contribution >= 4 is 21.4 Å². The summed E-state index contributed by atoms with van der Waals surface area (Å²) in [6.07, 6.45) is 0. The molecule has 112 valence electrons. The van der Waals surface area contributed by atoms with Crippen molar-refractivity contribution in [3.8, 4) is 0 Å². The SMILES string of the molecule is COCc1cccc(NS(=O)(=O)c2ccccc2NN)c1. The van der Waals surface area contributed by atoms with Crippen molar-refractivity contribution in [3.05, 3.63) is 54.1 Å². The van der Waals surface area contributed by atoms with Crippen molar-refractivity contribution in [2.24, 2.45) is 5.84 Å². The fraction of sp³-hybridized carbons (Fsp3) is 0.143. The maximum absolute atomic E-state index is 12.4. The van der Waals surface area contributed by atoms with Crippen LogP contribution in [0, 0.1) is 0 Å². The highest BCUT2D eigenvalue weighted by atomic mass is 32.2. The molecule has 21 heavy (non-hydrogen) atoms. The second-order valence-corrected chi connectivity index (χ2v) is 6.03. The maximum atomic E-state index is 12.4. The van der Waals surface area contributed by atoms with Crippen LogP contribution in [0.2, 0.25) is 0 Å². The van der Waals surface area contributed by atoms with E-state index < -0.39 is 10.0 Å². The standard InChI is InChI=1S/C14H17N3O3S/c1-20-10-11-5-4-6-12(9-11)17-21(18,19)14-8-3-2-7-13(14)16-15/h2-9,16-17H,10,15H2,1H3. The maximum Gasteiger partial charge on any atom is 0.264 e. The van der Waals surface area contributed by atoms with Crippen molar-refractivity contribution in [2.45, 2.75) is 11.5 Å². The smallest absolute Gasteiger partial charge is 0.264 e. The number of hydrogen-bond donors (Lipinski definition) is 3. The predicted octanol–water partition coefficient (Wildman–Crippen LogP) is 1.92. The Labute approximate surface area is 124 Å². The zero-order chi connectivity index (χ0) is 15.3. The second kappa shape index (κ2) is 6.57. The van der Waals surface area contributed by atoms with Crippen LogP contribution in [0.25, 0.3) is 0 Å². The number of benzene rings is 2. The van der Waals surface area contributed by atoms with Crippen LogP contribution in [0.5, 0.6) is 0 Å². The van der Waals surface area contributed by atoms with E-state index in [2.05, 4.69) is 10.1 Å². The van der Waals surface area contributed by atoms with Crippen molar-refractivity contribution in [1.29, 1.82) is 0 Å². The predicted molar refractivity (Wildman–Crippen MR) is 82.2 cm³/mol. The van der Waals surface area contributed by atoms with Crippen molar-refractivity contribution in [1.82, 2.24) is 0 Å². The first-order chi connectivity index (χ1) is 10.1. The van der Waals surface area contributed by atoms with E-state index in [-0.39, 0.29) is 4.90 Å². The number of sulfonamides is 1. The van der Waals surface area contributed by atoms with Gasteiger partial charge in [0.05, 0.1) is 12.3 Å². The molecule has 0 saturated heterocycles. The monoisotopic (exact) mass is 307 g/mol. The van der Waals surface area contributed by atoms with E-state index in [1.54, 1.807) is 43.5 Å². The third-order valence-electron chi connectivity index (χ3n) is 2.82. The van der Waals surface area contributed by atoms with Crippen LogP contribution in [-0.4, -0.2) is 15.5 Å². The first-order valence-corrected chi connectivity index (χ1v) is 7.71. The first-order valence-electron chi connectivity index (χ1n) is 6.23. The average Bonchev–Trinajstić information content (AvgIpc) is 2.47. The average molecular weight is 307 g/mol. The van der Waals surface area contributed by atoms with Crippen molar-refractivity contribution < 1.29 is 13.2 Å². The largest absolute Gasteiger partial charge is 0.380 e. The summed E-state index contributed by atoms with van der Waals surface area (Å²) in [5.74, 6) is 5.35. The molecule has 0 aromatic heterocycles. The van der Waals surface area contributed by atoms with E-state index in [0.717, 1.165) is 5.56 Å². The van der Waals surface area contributed by atoms with Gasteiger partial charge in [0.15, 0.2) is 0 Å². The Morgan fingerprint density at radius 2 is 1.90 bits per heavy atom. The van der Waals surface area contributed by atoms with Crippen LogP contribution in [0.4, 0.5) is 11.4 Å². The highest BCUT2D eigenvalue weighted by Crippen LogP contribution is 2.23. The van der Waals surface area contributed by atoms with Gasteiger partial charge in [0, 0.05) is 12.8 Å². The third-order valence-corrected chi connectivity index (χ3v) is 4.26. The van der Waals surface area contributed by atoms with Gasteiger partial charge in [-0.3, -0.25) is 10.6 Å². The van der Waals surface area contributed by atoms with Gasteiger partial charge in [0.1, 0.15) is 4.90 Å². The van der Waals surface area contributed by atoms with Gasteiger partial charge in [0.2, 0.25) is 0 Å². The molecule has 0 heterocycles. The third kappa shape index (κ3) is 3.72. The minimum atomic E-state index is -3.72. The number of methoxy groups -OCH3 is 1. The highest BCUT2D eigenvalue weighted by molar-refractivity contribution is 7.92.